The summed E-state index contributed by atoms with van der Waals surface area (Å²) < 4.78 is 11.7. The number of hydrogen-bond donors (Lipinski definition) is 0. The van der Waals surface area contributed by atoms with Crippen molar-refractivity contribution in [3.8, 4) is 5.75 Å². The lowest BCUT2D eigenvalue weighted by molar-refractivity contribution is -0.151. The molecule has 0 aliphatic heterocycles. The summed E-state index contributed by atoms with van der Waals surface area (Å²) in [7, 11) is 1.42. The van der Waals surface area contributed by atoms with E-state index in [0.717, 1.165) is 21.0 Å². The molecule has 1 fully saturated rings. The number of carbonyl (C=O) groups is 1. The van der Waals surface area contributed by atoms with Gasteiger partial charge in [0.2, 0.25) is 0 Å². The molecular formula is C15H14BrNO3. The van der Waals surface area contributed by atoms with Crippen molar-refractivity contribution >= 4 is 32.7 Å². The van der Waals surface area contributed by atoms with Gasteiger partial charge in [-0.05, 0) is 40.9 Å². The Bertz CT molecular complexity index is 653. The van der Waals surface area contributed by atoms with Crippen LogP contribution in [-0.4, -0.2) is 24.2 Å². The lowest BCUT2D eigenvalue weighted by atomic mass is 9.82. The number of pyridine rings is 1. The van der Waals surface area contributed by atoms with Gasteiger partial charge >= 0.3 is 5.97 Å². The van der Waals surface area contributed by atoms with E-state index in [4.69, 9.17) is 9.47 Å². The molecule has 1 aliphatic rings. The Morgan fingerprint density at radius 2 is 2.15 bits per heavy atom. The van der Waals surface area contributed by atoms with E-state index in [1.807, 2.05) is 24.4 Å². The highest BCUT2D eigenvalue weighted by atomic mass is 79.9. The fourth-order valence-corrected chi connectivity index (χ4v) is 2.86. The Morgan fingerprint density at radius 1 is 1.35 bits per heavy atom. The van der Waals surface area contributed by atoms with Gasteiger partial charge in [-0.15, -0.1) is 0 Å². The van der Waals surface area contributed by atoms with Crippen molar-refractivity contribution in [2.45, 2.75) is 18.9 Å². The van der Waals surface area contributed by atoms with E-state index in [9.17, 15) is 4.79 Å². The van der Waals surface area contributed by atoms with Crippen LogP contribution in [0.5, 0.6) is 5.75 Å². The third kappa shape index (κ3) is 2.38. The molecule has 0 bridgehead atoms. The zero-order chi connectivity index (χ0) is 14.1. The molecule has 2 aromatic rings. The average molecular weight is 336 g/mol. The Labute approximate surface area is 125 Å². The molecule has 0 N–H and O–H groups in total. The molecule has 0 radical (unpaired) electrons. The lowest BCUT2D eigenvalue weighted by Gasteiger charge is -2.33. The van der Waals surface area contributed by atoms with Gasteiger partial charge in [-0.1, -0.05) is 6.07 Å². The summed E-state index contributed by atoms with van der Waals surface area (Å²) in [6.45, 7) is 0. The van der Waals surface area contributed by atoms with Crippen LogP contribution in [0, 0.1) is 5.92 Å². The van der Waals surface area contributed by atoms with Crippen molar-refractivity contribution in [1.29, 1.82) is 0 Å². The van der Waals surface area contributed by atoms with Crippen molar-refractivity contribution in [3.63, 3.8) is 0 Å². The maximum absolute atomic E-state index is 11.4. The quantitative estimate of drug-likeness (QED) is 0.807. The first-order valence-electron chi connectivity index (χ1n) is 6.45. The largest absolute Gasteiger partial charge is 0.489 e. The number of carbonyl (C=O) groups excluding carboxylic acids is 1. The number of nitrogens with zero attached hydrogens (tertiary/aromatic N) is 1. The first-order chi connectivity index (χ1) is 9.69. The first-order valence-corrected chi connectivity index (χ1v) is 7.25. The molecule has 3 rings (SSSR count). The third-order valence-electron chi connectivity index (χ3n) is 3.64. The second-order valence-corrected chi connectivity index (χ2v) is 5.76. The van der Waals surface area contributed by atoms with Crippen LogP contribution < -0.4 is 4.74 Å². The number of esters is 1. The average Bonchev–Trinajstić information content (AvgIpc) is 2.43. The monoisotopic (exact) mass is 335 g/mol. The molecule has 0 amide bonds. The number of benzene rings is 1. The Kier molecular flexibility index (Phi) is 3.61. The maximum atomic E-state index is 11.4. The second kappa shape index (κ2) is 5.40. The fraction of sp³-hybridized carbons (Fsp3) is 0.333. The van der Waals surface area contributed by atoms with Crippen LogP contribution in [-0.2, 0) is 9.53 Å². The van der Waals surface area contributed by atoms with Gasteiger partial charge in [-0.25, -0.2) is 0 Å². The SMILES string of the molecule is COC(=O)C1CC(Oc2c(Br)ccc3cnccc23)C1. The van der Waals surface area contributed by atoms with Gasteiger partial charge in [0.05, 0.1) is 17.5 Å². The minimum atomic E-state index is -0.147. The molecule has 1 aromatic heterocycles. The first kappa shape index (κ1) is 13.4. The molecule has 1 saturated carbocycles. The molecule has 0 atom stereocenters. The Hall–Kier alpha value is -1.62. The molecule has 0 spiro atoms. The van der Waals surface area contributed by atoms with Crippen LogP contribution in [0.2, 0.25) is 0 Å². The standard InChI is InChI=1S/C15H14BrNO3/c1-19-15(18)10-6-11(7-10)20-14-12-4-5-17-8-9(12)2-3-13(14)16/h2-5,8,10-11H,6-7H2,1H3. The predicted molar refractivity (Wildman–Crippen MR) is 78.6 cm³/mol. The summed E-state index contributed by atoms with van der Waals surface area (Å²) >= 11 is 3.52. The summed E-state index contributed by atoms with van der Waals surface area (Å²) in [5.41, 5.74) is 0. The number of aromatic nitrogens is 1. The fourth-order valence-electron chi connectivity index (χ4n) is 2.42. The van der Waals surface area contributed by atoms with Gasteiger partial charge in [0.15, 0.2) is 0 Å². The van der Waals surface area contributed by atoms with Gasteiger partial charge < -0.3 is 9.47 Å². The summed E-state index contributed by atoms with van der Waals surface area (Å²) in [6, 6.07) is 5.89. The highest BCUT2D eigenvalue weighted by Crippen LogP contribution is 2.38. The second-order valence-electron chi connectivity index (χ2n) is 4.90. The van der Waals surface area contributed by atoms with Crippen molar-refractivity contribution in [3.05, 3.63) is 35.1 Å². The zero-order valence-corrected chi connectivity index (χ0v) is 12.6. The Balaban J connectivity index is 1.79. The summed E-state index contributed by atoms with van der Waals surface area (Å²) in [4.78, 5) is 15.5. The van der Waals surface area contributed by atoms with Crippen LogP contribution in [0.1, 0.15) is 12.8 Å². The summed E-state index contributed by atoms with van der Waals surface area (Å²) in [6.07, 6.45) is 5.04. The predicted octanol–water partition coefficient (Wildman–Crippen LogP) is 3.33. The van der Waals surface area contributed by atoms with E-state index >= 15 is 0 Å². The van der Waals surface area contributed by atoms with E-state index in [2.05, 4.69) is 20.9 Å². The van der Waals surface area contributed by atoms with Gasteiger partial charge in [-0.3, -0.25) is 9.78 Å². The topological polar surface area (TPSA) is 48.4 Å². The molecule has 104 valence electrons. The Morgan fingerprint density at radius 3 is 2.90 bits per heavy atom. The minimum Gasteiger partial charge on any atom is -0.489 e. The van der Waals surface area contributed by atoms with Crippen molar-refractivity contribution in [2.24, 2.45) is 5.92 Å². The lowest BCUT2D eigenvalue weighted by Crippen LogP contribution is -2.38. The number of ether oxygens (including phenoxy) is 2. The highest BCUT2D eigenvalue weighted by molar-refractivity contribution is 9.10. The van der Waals surface area contributed by atoms with Gasteiger partial charge in [-0.2, -0.15) is 0 Å². The maximum Gasteiger partial charge on any atom is 0.308 e. The molecule has 4 nitrogen and oxygen atoms in total. The molecule has 1 aliphatic carbocycles. The van der Waals surface area contributed by atoms with Crippen LogP contribution in [0.15, 0.2) is 35.1 Å². The number of hydrogen-bond acceptors (Lipinski definition) is 4. The molecule has 0 unspecified atom stereocenters. The van der Waals surface area contributed by atoms with E-state index in [-0.39, 0.29) is 18.0 Å². The molecule has 5 heteroatoms. The zero-order valence-electron chi connectivity index (χ0n) is 11.0. The molecule has 20 heavy (non-hydrogen) atoms. The van der Waals surface area contributed by atoms with Crippen molar-refractivity contribution in [2.75, 3.05) is 7.11 Å². The van der Waals surface area contributed by atoms with Crippen LogP contribution in [0.3, 0.4) is 0 Å². The number of rotatable bonds is 3. The van der Waals surface area contributed by atoms with E-state index in [1.165, 1.54) is 7.11 Å². The van der Waals surface area contributed by atoms with Gasteiger partial charge in [0.25, 0.3) is 0 Å². The van der Waals surface area contributed by atoms with Crippen LogP contribution in [0.4, 0.5) is 0 Å². The molecule has 1 heterocycles. The van der Waals surface area contributed by atoms with Crippen molar-refractivity contribution < 1.29 is 14.3 Å². The van der Waals surface area contributed by atoms with Gasteiger partial charge in [0, 0.05) is 23.2 Å². The van der Waals surface area contributed by atoms with Gasteiger partial charge in [0.1, 0.15) is 11.9 Å². The summed E-state index contributed by atoms with van der Waals surface area (Å²) in [5, 5.41) is 2.06. The normalized spacial score (nSPS) is 21.3. The van der Waals surface area contributed by atoms with Crippen molar-refractivity contribution in [1.82, 2.24) is 4.98 Å². The third-order valence-corrected chi connectivity index (χ3v) is 4.26. The van der Waals surface area contributed by atoms with E-state index in [0.29, 0.717) is 12.8 Å². The number of fused-ring (bicyclic) bond motifs is 1. The van der Waals surface area contributed by atoms with Crippen LogP contribution in [0.25, 0.3) is 10.8 Å². The van der Waals surface area contributed by atoms with Crippen LogP contribution >= 0.6 is 15.9 Å². The molecular weight excluding hydrogens is 322 g/mol. The van der Waals surface area contributed by atoms with E-state index < -0.39 is 0 Å². The van der Waals surface area contributed by atoms with E-state index in [1.54, 1.807) is 6.20 Å². The summed E-state index contributed by atoms with van der Waals surface area (Å²) in [5.74, 6) is 0.643. The number of halogens is 1. The smallest absolute Gasteiger partial charge is 0.308 e. The molecule has 0 saturated heterocycles. The number of methoxy groups -OCH3 is 1. The minimum absolute atomic E-state index is 0.0274. The molecule has 1 aromatic carbocycles. The highest BCUT2D eigenvalue weighted by Gasteiger charge is 2.37.